The van der Waals surface area contributed by atoms with Crippen LogP contribution in [0.2, 0.25) is 0 Å². The number of carbonyl (C=O) groups excluding carboxylic acids is 3. The lowest BCUT2D eigenvalue weighted by molar-refractivity contribution is -0.135. The molecule has 2 aliphatic rings. The molecule has 3 rings (SSSR count). The van der Waals surface area contributed by atoms with Crippen molar-refractivity contribution in [1.82, 2.24) is 14.4 Å². The fourth-order valence-electron chi connectivity index (χ4n) is 3.95. The molecule has 27 heavy (non-hydrogen) atoms. The minimum Gasteiger partial charge on any atom is -0.343 e. The molecule has 0 N–H and O–H groups in total. The number of aryl methyl sites for hydroxylation is 1. The Balaban J connectivity index is 1.81. The van der Waals surface area contributed by atoms with Crippen LogP contribution in [0.15, 0.2) is 11.0 Å². The topological polar surface area (TPSA) is 62.6 Å². The summed E-state index contributed by atoms with van der Waals surface area (Å²) in [5.41, 5.74) is 3.02. The van der Waals surface area contributed by atoms with E-state index < -0.39 is 0 Å². The van der Waals surface area contributed by atoms with Gasteiger partial charge in [0.1, 0.15) is 6.54 Å². The van der Waals surface area contributed by atoms with E-state index in [9.17, 15) is 14.4 Å². The van der Waals surface area contributed by atoms with Gasteiger partial charge in [0, 0.05) is 30.0 Å². The summed E-state index contributed by atoms with van der Waals surface area (Å²) >= 11 is 0.911. The van der Waals surface area contributed by atoms with E-state index in [1.54, 1.807) is 11.0 Å². The van der Waals surface area contributed by atoms with Crippen LogP contribution < -0.4 is 0 Å². The summed E-state index contributed by atoms with van der Waals surface area (Å²) in [4.78, 5) is 40.5. The minimum atomic E-state index is -0.377. The molecule has 6 nitrogen and oxygen atoms in total. The standard InChI is InChI=1S/C20H27N3O3S/c1-13-10-15(14(2)23(13)20(3,4)5)11-16-18(25)22(19(26)27-16)12-17(24)21-8-6-7-9-21/h10-11H,6-9,12H2,1-5H3/b16-11+. The molecule has 7 heteroatoms. The molecule has 0 aliphatic carbocycles. The minimum absolute atomic E-state index is 0.0677. The monoisotopic (exact) mass is 389 g/mol. The van der Waals surface area contributed by atoms with Gasteiger partial charge in [-0.25, -0.2) is 0 Å². The Bertz CT molecular complexity index is 826. The van der Waals surface area contributed by atoms with Crippen LogP contribution in [0.3, 0.4) is 0 Å². The molecule has 1 aromatic rings. The number of imide groups is 1. The first-order valence-electron chi connectivity index (χ1n) is 9.32. The van der Waals surface area contributed by atoms with E-state index in [-0.39, 0.29) is 29.1 Å². The molecule has 0 atom stereocenters. The summed E-state index contributed by atoms with van der Waals surface area (Å²) in [6.45, 7) is 11.7. The highest BCUT2D eigenvalue weighted by Gasteiger charge is 2.37. The summed E-state index contributed by atoms with van der Waals surface area (Å²) in [6, 6.07) is 2.03. The molecule has 1 aromatic heterocycles. The number of nitrogens with zero attached hydrogens (tertiary/aromatic N) is 3. The first kappa shape index (κ1) is 19.7. The van der Waals surface area contributed by atoms with E-state index in [4.69, 9.17) is 0 Å². The van der Waals surface area contributed by atoms with Gasteiger partial charge in [-0.15, -0.1) is 0 Å². The zero-order valence-electron chi connectivity index (χ0n) is 16.7. The first-order valence-corrected chi connectivity index (χ1v) is 10.1. The Morgan fingerprint density at radius 3 is 2.37 bits per heavy atom. The maximum Gasteiger partial charge on any atom is 0.294 e. The molecule has 0 unspecified atom stereocenters. The van der Waals surface area contributed by atoms with Crippen molar-refractivity contribution >= 4 is 34.9 Å². The van der Waals surface area contributed by atoms with Gasteiger partial charge in [-0.3, -0.25) is 19.3 Å². The van der Waals surface area contributed by atoms with Gasteiger partial charge in [0.05, 0.1) is 4.91 Å². The SMILES string of the molecule is Cc1cc(/C=C2/SC(=O)N(CC(=O)N3CCCC3)C2=O)c(C)n1C(C)(C)C. The largest absolute Gasteiger partial charge is 0.343 e. The molecule has 2 saturated heterocycles. The third-order valence-corrected chi connectivity index (χ3v) is 5.96. The molecular formula is C20H27N3O3S. The molecule has 3 heterocycles. The Morgan fingerprint density at radius 2 is 1.81 bits per heavy atom. The summed E-state index contributed by atoms with van der Waals surface area (Å²) in [6.07, 6.45) is 3.74. The van der Waals surface area contributed by atoms with E-state index in [1.165, 1.54) is 0 Å². The molecule has 0 bridgehead atoms. The average molecular weight is 390 g/mol. The molecule has 146 valence electrons. The van der Waals surface area contributed by atoms with Gasteiger partial charge in [0.2, 0.25) is 5.91 Å². The van der Waals surface area contributed by atoms with E-state index in [2.05, 4.69) is 25.3 Å². The van der Waals surface area contributed by atoms with Crippen LogP contribution >= 0.6 is 11.8 Å². The van der Waals surface area contributed by atoms with Crippen LogP contribution in [0.1, 0.15) is 50.6 Å². The molecular weight excluding hydrogens is 362 g/mol. The number of amides is 3. The summed E-state index contributed by atoms with van der Waals surface area (Å²) in [5, 5.41) is -0.372. The number of thioether (sulfide) groups is 1. The Kier molecular flexibility index (Phi) is 5.25. The molecule has 2 fully saturated rings. The maximum atomic E-state index is 12.7. The summed E-state index contributed by atoms with van der Waals surface area (Å²) in [7, 11) is 0. The highest BCUT2D eigenvalue weighted by atomic mass is 32.2. The van der Waals surface area contributed by atoms with Crippen LogP contribution in [0.4, 0.5) is 4.79 Å². The van der Waals surface area contributed by atoms with Gasteiger partial charge < -0.3 is 9.47 Å². The zero-order valence-corrected chi connectivity index (χ0v) is 17.5. The van der Waals surface area contributed by atoms with Crippen molar-refractivity contribution in [3.05, 3.63) is 27.9 Å². The third-order valence-electron chi connectivity index (χ3n) is 5.05. The lowest BCUT2D eigenvalue weighted by Gasteiger charge is -2.25. The van der Waals surface area contributed by atoms with Crippen molar-refractivity contribution < 1.29 is 14.4 Å². The first-order chi connectivity index (χ1) is 12.6. The molecule has 2 aliphatic heterocycles. The number of hydrogen-bond acceptors (Lipinski definition) is 4. The van der Waals surface area contributed by atoms with Gasteiger partial charge in [-0.05, 0) is 76.9 Å². The van der Waals surface area contributed by atoms with Crippen molar-refractivity contribution in [2.24, 2.45) is 0 Å². The molecule has 0 saturated carbocycles. The van der Waals surface area contributed by atoms with Crippen LogP contribution in [0.5, 0.6) is 0 Å². The number of rotatable bonds is 3. The second kappa shape index (κ2) is 7.19. The fourth-order valence-corrected chi connectivity index (χ4v) is 4.77. The predicted molar refractivity (Wildman–Crippen MR) is 107 cm³/mol. The van der Waals surface area contributed by atoms with E-state index >= 15 is 0 Å². The van der Waals surface area contributed by atoms with Crippen LogP contribution in [0, 0.1) is 13.8 Å². The van der Waals surface area contributed by atoms with Gasteiger partial charge in [0.15, 0.2) is 0 Å². The number of hydrogen-bond donors (Lipinski definition) is 0. The molecule has 0 radical (unpaired) electrons. The molecule has 0 aromatic carbocycles. The van der Waals surface area contributed by atoms with Gasteiger partial charge in [-0.1, -0.05) is 0 Å². The summed E-state index contributed by atoms with van der Waals surface area (Å²) in [5.74, 6) is -0.528. The predicted octanol–water partition coefficient (Wildman–Crippen LogP) is 3.52. The van der Waals surface area contributed by atoms with Gasteiger partial charge in [0.25, 0.3) is 11.1 Å². The lowest BCUT2D eigenvalue weighted by Crippen LogP contribution is -2.40. The van der Waals surface area contributed by atoms with Crippen molar-refractivity contribution in [2.45, 2.75) is 53.0 Å². The fraction of sp³-hybridized carbons (Fsp3) is 0.550. The highest BCUT2D eigenvalue weighted by Crippen LogP contribution is 2.34. The lowest BCUT2D eigenvalue weighted by atomic mass is 10.1. The smallest absolute Gasteiger partial charge is 0.294 e. The number of aromatic nitrogens is 1. The van der Waals surface area contributed by atoms with Crippen molar-refractivity contribution in [2.75, 3.05) is 19.6 Å². The second-order valence-corrected chi connectivity index (χ2v) is 9.18. The van der Waals surface area contributed by atoms with Gasteiger partial charge in [-0.2, -0.15) is 0 Å². The van der Waals surface area contributed by atoms with E-state index in [0.717, 1.165) is 46.5 Å². The average Bonchev–Trinajstić information content (AvgIpc) is 3.24. The maximum absolute atomic E-state index is 12.7. The zero-order chi connectivity index (χ0) is 19.9. The third kappa shape index (κ3) is 3.83. The van der Waals surface area contributed by atoms with Crippen LogP contribution in [-0.2, 0) is 15.1 Å². The van der Waals surface area contributed by atoms with Crippen molar-refractivity contribution in [3.63, 3.8) is 0 Å². The highest BCUT2D eigenvalue weighted by molar-refractivity contribution is 8.18. The molecule has 3 amide bonds. The van der Waals surface area contributed by atoms with Crippen molar-refractivity contribution in [3.8, 4) is 0 Å². The summed E-state index contributed by atoms with van der Waals surface area (Å²) < 4.78 is 2.22. The van der Waals surface area contributed by atoms with Crippen molar-refractivity contribution in [1.29, 1.82) is 0 Å². The Labute approximate surface area is 164 Å². The number of likely N-dealkylation sites (tertiary alicyclic amines) is 1. The van der Waals surface area contributed by atoms with E-state index in [1.807, 2.05) is 19.9 Å². The second-order valence-electron chi connectivity index (χ2n) is 8.19. The number of carbonyl (C=O) groups is 3. The van der Waals surface area contributed by atoms with Crippen LogP contribution in [0.25, 0.3) is 6.08 Å². The van der Waals surface area contributed by atoms with Gasteiger partial charge >= 0.3 is 0 Å². The van der Waals surface area contributed by atoms with Crippen LogP contribution in [-0.4, -0.2) is 51.1 Å². The Hall–Kier alpha value is -2.02. The quantitative estimate of drug-likeness (QED) is 0.742. The van der Waals surface area contributed by atoms with E-state index in [0.29, 0.717) is 18.0 Å². The Morgan fingerprint density at radius 1 is 1.19 bits per heavy atom. The molecule has 0 spiro atoms. The normalized spacial score (nSPS) is 19.7.